The van der Waals surface area contributed by atoms with Crippen LogP contribution in [0.3, 0.4) is 0 Å². The molecule has 2 N–H and O–H groups in total. The molecule has 1 aliphatic rings. The molecule has 0 saturated carbocycles. The van der Waals surface area contributed by atoms with Crippen molar-refractivity contribution in [3.05, 3.63) is 41.2 Å². The maximum atomic E-state index is 13.0. The molecule has 3 rings (SSSR count). The van der Waals surface area contributed by atoms with Crippen LogP contribution in [0, 0.1) is 13.8 Å². The van der Waals surface area contributed by atoms with E-state index in [2.05, 4.69) is 15.5 Å². The lowest BCUT2D eigenvalue weighted by Crippen LogP contribution is -2.35. The molecule has 2 aromatic rings. The van der Waals surface area contributed by atoms with E-state index in [1.54, 1.807) is 7.11 Å². The van der Waals surface area contributed by atoms with Gasteiger partial charge in [0.1, 0.15) is 5.75 Å². The summed E-state index contributed by atoms with van der Waals surface area (Å²) in [6.07, 6.45) is 2.73. The van der Waals surface area contributed by atoms with Gasteiger partial charge in [0.2, 0.25) is 0 Å². The highest BCUT2D eigenvalue weighted by Gasteiger charge is 2.33. The highest BCUT2D eigenvalue weighted by Crippen LogP contribution is 2.35. The predicted molar refractivity (Wildman–Crippen MR) is 104 cm³/mol. The summed E-state index contributed by atoms with van der Waals surface area (Å²) in [6, 6.07) is 7.47. The highest BCUT2D eigenvalue weighted by atomic mass is 16.5. The smallest absolute Gasteiger partial charge is 0.322 e. The van der Waals surface area contributed by atoms with Gasteiger partial charge >= 0.3 is 6.03 Å². The lowest BCUT2D eigenvalue weighted by Gasteiger charge is -2.26. The molecule has 146 valence electrons. The van der Waals surface area contributed by atoms with E-state index in [0.29, 0.717) is 24.7 Å². The van der Waals surface area contributed by atoms with Gasteiger partial charge in [0.05, 0.1) is 24.0 Å². The number of methoxy groups -OCH3 is 1. The SMILES string of the molecule is COCCCOc1ccccc1NC(=O)N1CCCC1c1c(C)n[nH]c1C. The van der Waals surface area contributed by atoms with E-state index >= 15 is 0 Å². The van der Waals surface area contributed by atoms with Crippen molar-refractivity contribution in [1.82, 2.24) is 15.1 Å². The Morgan fingerprint density at radius 2 is 2.15 bits per heavy atom. The number of hydrogen-bond acceptors (Lipinski definition) is 4. The number of anilines is 1. The lowest BCUT2D eigenvalue weighted by molar-refractivity contribution is 0.172. The molecule has 0 spiro atoms. The van der Waals surface area contributed by atoms with Crippen molar-refractivity contribution in [2.75, 3.05) is 32.2 Å². The van der Waals surface area contributed by atoms with E-state index in [9.17, 15) is 4.79 Å². The number of benzene rings is 1. The third-order valence-corrected chi connectivity index (χ3v) is 4.91. The number of ether oxygens (including phenoxy) is 2. The van der Waals surface area contributed by atoms with Gasteiger partial charge in [-0.1, -0.05) is 12.1 Å². The summed E-state index contributed by atoms with van der Waals surface area (Å²) in [5.74, 6) is 0.674. The van der Waals surface area contributed by atoms with Gasteiger partial charge < -0.3 is 19.7 Å². The van der Waals surface area contributed by atoms with Gasteiger partial charge in [0.15, 0.2) is 0 Å². The van der Waals surface area contributed by atoms with Gasteiger partial charge in [-0.3, -0.25) is 5.10 Å². The van der Waals surface area contributed by atoms with Crippen LogP contribution in [0.5, 0.6) is 5.75 Å². The van der Waals surface area contributed by atoms with Crippen LogP contribution in [-0.2, 0) is 4.74 Å². The normalized spacial score (nSPS) is 16.6. The number of aromatic amines is 1. The van der Waals surface area contributed by atoms with Crippen LogP contribution in [0.25, 0.3) is 0 Å². The zero-order chi connectivity index (χ0) is 19.2. The second kappa shape index (κ2) is 8.90. The third-order valence-electron chi connectivity index (χ3n) is 4.91. The van der Waals surface area contributed by atoms with Crippen molar-refractivity contribution in [2.45, 2.75) is 39.2 Å². The summed E-state index contributed by atoms with van der Waals surface area (Å²) in [7, 11) is 1.67. The Bertz CT molecular complexity index is 755. The Kier molecular flexibility index (Phi) is 6.34. The van der Waals surface area contributed by atoms with Crippen molar-refractivity contribution in [2.24, 2.45) is 0 Å². The number of carbonyl (C=O) groups excluding carboxylic acids is 1. The Morgan fingerprint density at radius 1 is 1.33 bits per heavy atom. The number of aryl methyl sites for hydroxylation is 2. The first-order chi connectivity index (χ1) is 13.1. The number of H-pyrrole nitrogens is 1. The maximum absolute atomic E-state index is 13.0. The molecule has 1 atom stereocenters. The molecule has 2 amide bonds. The van der Waals surface area contributed by atoms with Crippen molar-refractivity contribution >= 4 is 11.7 Å². The van der Waals surface area contributed by atoms with Crippen LogP contribution >= 0.6 is 0 Å². The molecule has 2 heterocycles. The van der Waals surface area contributed by atoms with Gasteiger partial charge in [-0.25, -0.2) is 4.79 Å². The highest BCUT2D eigenvalue weighted by molar-refractivity contribution is 5.91. The van der Waals surface area contributed by atoms with E-state index in [1.807, 2.05) is 43.0 Å². The number of para-hydroxylation sites is 2. The number of likely N-dealkylation sites (tertiary alicyclic amines) is 1. The van der Waals surface area contributed by atoms with Crippen molar-refractivity contribution in [3.8, 4) is 5.75 Å². The molecule has 0 radical (unpaired) electrons. The molecule has 1 fully saturated rings. The Morgan fingerprint density at radius 3 is 2.89 bits per heavy atom. The fourth-order valence-corrected chi connectivity index (χ4v) is 3.63. The van der Waals surface area contributed by atoms with Gasteiger partial charge in [-0.05, 0) is 38.8 Å². The first-order valence-corrected chi connectivity index (χ1v) is 9.41. The van der Waals surface area contributed by atoms with Crippen LogP contribution in [-0.4, -0.2) is 48.0 Å². The maximum Gasteiger partial charge on any atom is 0.322 e. The molecular formula is C20H28N4O3. The summed E-state index contributed by atoms with van der Waals surface area (Å²) in [5.41, 5.74) is 3.80. The van der Waals surface area contributed by atoms with Crippen LogP contribution in [0.1, 0.15) is 42.3 Å². The molecule has 0 bridgehead atoms. The number of urea groups is 1. The van der Waals surface area contributed by atoms with Crippen LogP contribution in [0.15, 0.2) is 24.3 Å². The molecule has 1 aromatic heterocycles. The Hall–Kier alpha value is -2.54. The quantitative estimate of drug-likeness (QED) is 0.724. The zero-order valence-electron chi connectivity index (χ0n) is 16.2. The topological polar surface area (TPSA) is 79.5 Å². The first-order valence-electron chi connectivity index (χ1n) is 9.41. The summed E-state index contributed by atoms with van der Waals surface area (Å²) in [6.45, 7) is 5.91. The van der Waals surface area contributed by atoms with E-state index < -0.39 is 0 Å². The van der Waals surface area contributed by atoms with Crippen LogP contribution in [0.4, 0.5) is 10.5 Å². The fourth-order valence-electron chi connectivity index (χ4n) is 3.63. The average Bonchev–Trinajstić information content (AvgIpc) is 3.26. The number of aromatic nitrogens is 2. The predicted octanol–water partition coefficient (Wildman–Crippen LogP) is 3.81. The lowest BCUT2D eigenvalue weighted by atomic mass is 10.0. The average molecular weight is 372 g/mol. The number of hydrogen-bond donors (Lipinski definition) is 2. The number of carbonyl (C=O) groups is 1. The minimum atomic E-state index is -0.106. The molecule has 27 heavy (non-hydrogen) atoms. The second-order valence-electron chi connectivity index (χ2n) is 6.82. The van der Waals surface area contributed by atoms with Gasteiger partial charge in [0.25, 0.3) is 0 Å². The number of rotatable bonds is 7. The van der Waals surface area contributed by atoms with Crippen LogP contribution < -0.4 is 10.1 Å². The zero-order valence-corrected chi connectivity index (χ0v) is 16.2. The second-order valence-corrected chi connectivity index (χ2v) is 6.82. The molecule has 1 unspecified atom stereocenters. The number of amides is 2. The molecular weight excluding hydrogens is 344 g/mol. The van der Waals surface area contributed by atoms with Crippen molar-refractivity contribution < 1.29 is 14.3 Å². The molecule has 1 saturated heterocycles. The standard InChI is InChI=1S/C20H28N4O3/c1-14-19(15(2)23-22-14)17-9-6-11-24(17)20(25)21-16-8-4-5-10-18(16)27-13-7-12-26-3/h4-5,8,10,17H,6-7,9,11-13H2,1-3H3,(H,21,25)(H,22,23). The molecule has 7 nitrogen and oxygen atoms in total. The van der Waals surface area contributed by atoms with Gasteiger partial charge in [-0.2, -0.15) is 5.10 Å². The molecule has 1 aliphatic heterocycles. The van der Waals surface area contributed by atoms with Gasteiger partial charge in [0, 0.05) is 37.9 Å². The van der Waals surface area contributed by atoms with E-state index in [0.717, 1.165) is 42.8 Å². The third kappa shape index (κ3) is 4.42. The Balaban J connectivity index is 1.70. The summed E-state index contributed by atoms with van der Waals surface area (Å²) in [5, 5.41) is 10.3. The Labute approximate surface area is 160 Å². The number of nitrogens with zero attached hydrogens (tertiary/aromatic N) is 2. The monoisotopic (exact) mass is 372 g/mol. The largest absolute Gasteiger partial charge is 0.491 e. The fraction of sp³-hybridized carbons (Fsp3) is 0.500. The van der Waals surface area contributed by atoms with E-state index in [4.69, 9.17) is 9.47 Å². The van der Waals surface area contributed by atoms with E-state index in [-0.39, 0.29) is 12.1 Å². The minimum Gasteiger partial charge on any atom is -0.491 e. The number of nitrogens with one attached hydrogen (secondary N) is 2. The minimum absolute atomic E-state index is 0.0542. The summed E-state index contributed by atoms with van der Waals surface area (Å²) in [4.78, 5) is 14.9. The van der Waals surface area contributed by atoms with Crippen molar-refractivity contribution in [3.63, 3.8) is 0 Å². The summed E-state index contributed by atoms with van der Waals surface area (Å²) < 4.78 is 10.9. The first kappa shape index (κ1) is 19.2. The van der Waals surface area contributed by atoms with Gasteiger partial charge in [-0.15, -0.1) is 0 Å². The molecule has 0 aliphatic carbocycles. The van der Waals surface area contributed by atoms with Crippen molar-refractivity contribution in [1.29, 1.82) is 0 Å². The summed E-state index contributed by atoms with van der Waals surface area (Å²) >= 11 is 0. The molecule has 1 aromatic carbocycles. The molecule has 7 heteroatoms. The van der Waals surface area contributed by atoms with Crippen LogP contribution in [0.2, 0.25) is 0 Å². The van der Waals surface area contributed by atoms with E-state index in [1.165, 1.54) is 0 Å².